The van der Waals surface area contributed by atoms with Gasteiger partial charge in [0.05, 0.1) is 5.56 Å². The van der Waals surface area contributed by atoms with E-state index in [0.717, 1.165) is 23.0 Å². The molecular weight excluding hydrogens is 410 g/mol. The highest BCUT2D eigenvalue weighted by atomic mass is 32.1. The van der Waals surface area contributed by atoms with E-state index in [2.05, 4.69) is 17.6 Å². The molecule has 154 valence electrons. The van der Waals surface area contributed by atoms with Gasteiger partial charge in [-0.1, -0.05) is 24.3 Å². The van der Waals surface area contributed by atoms with Crippen LogP contribution >= 0.6 is 11.3 Å². The van der Waals surface area contributed by atoms with Gasteiger partial charge in [-0.25, -0.2) is 4.79 Å². The lowest BCUT2D eigenvalue weighted by atomic mass is 10.0. The van der Waals surface area contributed by atoms with Crippen molar-refractivity contribution in [3.8, 4) is 11.5 Å². The zero-order valence-electron chi connectivity index (χ0n) is 17.0. The van der Waals surface area contributed by atoms with Crippen LogP contribution in [0.2, 0.25) is 0 Å². The van der Waals surface area contributed by atoms with Crippen LogP contribution in [-0.4, -0.2) is 16.3 Å². The highest BCUT2D eigenvalue weighted by Crippen LogP contribution is 2.38. The van der Waals surface area contributed by atoms with Crippen LogP contribution in [0, 0.1) is 6.92 Å². The number of carbonyl (C=O) groups is 2. The minimum absolute atomic E-state index is 0.169. The summed E-state index contributed by atoms with van der Waals surface area (Å²) in [6.07, 6.45) is 3.81. The van der Waals surface area contributed by atoms with E-state index >= 15 is 0 Å². The highest BCUT2D eigenvalue weighted by molar-refractivity contribution is 7.12. The topological polar surface area (TPSA) is 57.5 Å². The number of ketones is 1. The first-order chi connectivity index (χ1) is 15.0. The van der Waals surface area contributed by atoms with Crippen LogP contribution < -0.4 is 9.47 Å². The lowest BCUT2D eigenvalue weighted by Gasteiger charge is -2.06. The maximum Gasteiger partial charge on any atom is 0.353 e. The summed E-state index contributed by atoms with van der Waals surface area (Å²) >= 11 is 1.32. The third kappa shape index (κ3) is 3.35. The number of Topliss-reactive ketones (excluding diaryl/α,β-unsaturated/α-hetero) is 1. The molecule has 3 heterocycles. The smallest absolute Gasteiger partial charge is 0.353 e. The molecule has 0 bridgehead atoms. The molecule has 0 saturated heterocycles. The molecule has 5 rings (SSSR count). The van der Waals surface area contributed by atoms with E-state index in [1.54, 1.807) is 30.3 Å². The Kier molecular flexibility index (Phi) is 4.71. The molecule has 0 N–H and O–H groups in total. The van der Waals surface area contributed by atoms with Crippen molar-refractivity contribution in [3.05, 3.63) is 87.4 Å². The van der Waals surface area contributed by atoms with Gasteiger partial charge < -0.3 is 14.0 Å². The molecule has 0 aliphatic carbocycles. The number of hydrogen-bond acceptors (Lipinski definition) is 5. The van der Waals surface area contributed by atoms with E-state index in [-0.39, 0.29) is 11.5 Å². The molecular formula is C25H19NO4S. The molecule has 0 atom stereocenters. The number of ether oxygens (including phenoxy) is 2. The lowest BCUT2D eigenvalue weighted by Crippen LogP contribution is -2.06. The van der Waals surface area contributed by atoms with Gasteiger partial charge in [-0.15, -0.1) is 11.3 Å². The van der Waals surface area contributed by atoms with Crippen molar-refractivity contribution >= 4 is 40.1 Å². The van der Waals surface area contributed by atoms with Crippen LogP contribution in [0.3, 0.4) is 0 Å². The molecule has 0 fully saturated rings. The Morgan fingerprint density at radius 2 is 2.03 bits per heavy atom. The molecule has 1 aliphatic heterocycles. The average molecular weight is 429 g/mol. The normalized spacial score (nSPS) is 14.1. The first-order valence-electron chi connectivity index (χ1n) is 9.97. The van der Waals surface area contributed by atoms with Crippen molar-refractivity contribution in [2.45, 2.75) is 20.4 Å². The van der Waals surface area contributed by atoms with Gasteiger partial charge in [0.15, 0.2) is 5.76 Å². The maximum atomic E-state index is 13.0. The van der Waals surface area contributed by atoms with Gasteiger partial charge in [0.2, 0.25) is 5.78 Å². The zero-order valence-corrected chi connectivity index (χ0v) is 17.9. The van der Waals surface area contributed by atoms with E-state index in [1.807, 2.05) is 36.7 Å². The summed E-state index contributed by atoms with van der Waals surface area (Å²) in [6, 6.07) is 14.9. The number of carbonyl (C=O) groups excluding carboxylic acids is 2. The van der Waals surface area contributed by atoms with Crippen molar-refractivity contribution in [1.29, 1.82) is 0 Å². The maximum absolute atomic E-state index is 13.0. The Bertz CT molecular complexity index is 1360. The predicted octanol–water partition coefficient (Wildman–Crippen LogP) is 5.87. The van der Waals surface area contributed by atoms with Gasteiger partial charge in [0.1, 0.15) is 16.4 Å². The first kappa shape index (κ1) is 19.3. The van der Waals surface area contributed by atoms with Gasteiger partial charge in [0, 0.05) is 35.3 Å². The van der Waals surface area contributed by atoms with Crippen LogP contribution in [0.25, 0.3) is 17.0 Å². The molecule has 31 heavy (non-hydrogen) atoms. The third-order valence-corrected chi connectivity index (χ3v) is 6.17. The number of fused-ring (bicyclic) bond motifs is 2. The summed E-state index contributed by atoms with van der Waals surface area (Å²) in [5.41, 5.74) is 3.24. The second-order valence-electron chi connectivity index (χ2n) is 7.31. The number of benzene rings is 2. The minimum Gasteiger partial charge on any atom is -0.452 e. The van der Waals surface area contributed by atoms with E-state index in [1.165, 1.54) is 11.3 Å². The molecule has 0 unspecified atom stereocenters. The fourth-order valence-corrected chi connectivity index (χ4v) is 4.48. The van der Waals surface area contributed by atoms with Crippen LogP contribution in [0.15, 0.2) is 65.9 Å². The van der Waals surface area contributed by atoms with Crippen LogP contribution in [0.4, 0.5) is 0 Å². The van der Waals surface area contributed by atoms with Gasteiger partial charge in [-0.2, -0.15) is 0 Å². The standard InChI is InChI=1S/C25H19NO4S/c1-3-26-14-16(18-7-4-5-8-19(18)26)12-21-24(27)23-15(2)11-17(13-20(23)30-21)29-25(28)22-9-6-10-31-22/h4-14H,3H2,1-2H3/b21-12-. The van der Waals surface area contributed by atoms with Crippen molar-refractivity contribution in [3.63, 3.8) is 0 Å². The lowest BCUT2D eigenvalue weighted by molar-refractivity contribution is 0.0739. The SMILES string of the molecule is CCn1cc(/C=C2\Oc3cc(OC(=O)c4cccs4)cc(C)c3C2=O)c2ccccc21. The summed E-state index contributed by atoms with van der Waals surface area (Å²) in [5, 5.41) is 2.88. The van der Waals surface area contributed by atoms with E-state index in [0.29, 0.717) is 27.5 Å². The van der Waals surface area contributed by atoms with E-state index < -0.39 is 5.97 Å². The van der Waals surface area contributed by atoms with Gasteiger partial charge in [-0.3, -0.25) is 4.79 Å². The number of thiophene rings is 1. The van der Waals surface area contributed by atoms with Crippen molar-refractivity contribution in [1.82, 2.24) is 4.57 Å². The Balaban J connectivity index is 1.49. The largest absolute Gasteiger partial charge is 0.452 e. The summed E-state index contributed by atoms with van der Waals surface area (Å²) in [5.74, 6) is 0.424. The number of rotatable bonds is 4. The number of nitrogens with zero attached hydrogens (tertiary/aromatic N) is 1. The summed E-state index contributed by atoms with van der Waals surface area (Å²) < 4.78 is 13.5. The van der Waals surface area contributed by atoms with Crippen LogP contribution in [-0.2, 0) is 6.54 Å². The number of aromatic nitrogens is 1. The summed E-state index contributed by atoms with van der Waals surface area (Å²) in [6.45, 7) is 4.73. The number of esters is 1. The Morgan fingerprint density at radius 3 is 2.81 bits per heavy atom. The molecule has 1 aliphatic rings. The highest BCUT2D eigenvalue weighted by Gasteiger charge is 2.30. The number of hydrogen-bond donors (Lipinski definition) is 0. The summed E-state index contributed by atoms with van der Waals surface area (Å²) in [4.78, 5) is 25.8. The van der Waals surface area contributed by atoms with Gasteiger partial charge in [0.25, 0.3) is 0 Å². The minimum atomic E-state index is -0.429. The second kappa shape index (κ2) is 7.56. The third-order valence-electron chi connectivity index (χ3n) is 5.32. The number of para-hydroxylation sites is 1. The molecule has 5 nitrogen and oxygen atoms in total. The molecule has 6 heteroatoms. The van der Waals surface area contributed by atoms with E-state index in [9.17, 15) is 9.59 Å². The van der Waals surface area contributed by atoms with Crippen LogP contribution in [0.1, 0.15) is 38.1 Å². The molecule has 0 saturated carbocycles. The van der Waals surface area contributed by atoms with Crippen molar-refractivity contribution < 1.29 is 19.1 Å². The molecule has 2 aromatic heterocycles. The molecule has 0 amide bonds. The Hall–Kier alpha value is -3.64. The van der Waals surface area contributed by atoms with Gasteiger partial charge >= 0.3 is 5.97 Å². The second-order valence-corrected chi connectivity index (χ2v) is 8.26. The van der Waals surface area contributed by atoms with Gasteiger partial charge in [-0.05, 0) is 49.1 Å². The molecule has 0 spiro atoms. The molecule has 0 radical (unpaired) electrons. The van der Waals surface area contributed by atoms with Crippen molar-refractivity contribution in [2.24, 2.45) is 0 Å². The molecule has 4 aromatic rings. The first-order valence-corrected chi connectivity index (χ1v) is 10.9. The van der Waals surface area contributed by atoms with Crippen molar-refractivity contribution in [2.75, 3.05) is 0 Å². The summed E-state index contributed by atoms with van der Waals surface area (Å²) in [7, 11) is 0. The van der Waals surface area contributed by atoms with E-state index in [4.69, 9.17) is 9.47 Å². The Morgan fingerprint density at radius 1 is 1.19 bits per heavy atom. The Labute approximate surface area is 183 Å². The monoisotopic (exact) mass is 429 g/mol. The number of allylic oxidation sites excluding steroid dienone is 1. The quantitative estimate of drug-likeness (QED) is 0.231. The fraction of sp³-hybridized carbons (Fsp3) is 0.120. The average Bonchev–Trinajstić information content (AvgIpc) is 3.47. The fourth-order valence-electron chi connectivity index (χ4n) is 3.88. The zero-order chi connectivity index (χ0) is 21.5. The number of aryl methyl sites for hydroxylation is 2. The van der Waals surface area contributed by atoms with Crippen LogP contribution in [0.5, 0.6) is 11.5 Å². The molecule has 2 aromatic carbocycles. The predicted molar refractivity (Wildman–Crippen MR) is 121 cm³/mol.